The molecular formula is C12H15FN2O2S. The fourth-order valence-electron chi connectivity index (χ4n) is 1.54. The van der Waals surface area contributed by atoms with Crippen molar-refractivity contribution < 1.29 is 12.8 Å². The minimum atomic E-state index is -3.88. The highest BCUT2D eigenvalue weighted by Gasteiger charge is 2.27. The monoisotopic (exact) mass is 270 g/mol. The van der Waals surface area contributed by atoms with Crippen molar-refractivity contribution in [1.29, 1.82) is 5.26 Å². The molecule has 0 aliphatic heterocycles. The Morgan fingerprint density at radius 1 is 1.44 bits per heavy atom. The molecule has 0 amide bonds. The Balaban J connectivity index is 3.13. The average molecular weight is 270 g/mol. The number of hydrogen-bond acceptors (Lipinski definition) is 3. The lowest BCUT2D eigenvalue weighted by molar-refractivity contribution is 0.397. The Bertz CT molecular complexity index is 551. The van der Waals surface area contributed by atoms with Crippen LogP contribution in [0.1, 0.15) is 13.8 Å². The number of hydrogen-bond donors (Lipinski definition) is 0. The second kappa shape index (κ2) is 5.94. The largest absolute Gasteiger partial charge is 0.246 e. The van der Waals surface area contributed by atoms with E-state index in [1.54, 1.807) is 13.8 Å². The van der Waals surface area contributed by atoms with Crippen molar-refractivity contribution in [1.82, 2.24) is 4.31 Å². The summed E-state index contributed by atoms with van der Waals surface area (Å²) < 4.78 is 39.1. The predicted octanol–water partition coefficient (Wildman–Crippen LogP) is 2.00. The molecule has 98 valence electrons. The van der Waals surface area contributed by atoms with Gasteiger partial charge in [-0.1, -0.05) is 19.1 Å². The van der Waals surface area contributed by atoms with E-state index in [0.717, 1.165) is 10.4 Å². The number of halogens is 1. The Morgan fingerprint density at radius 3 is 2.56 bits per heavy atom. The van der Waals surface area contributed by atoms with Crippen LogP contribution in [-0.4, -0.2) is 25.8 Å². The van der Waals surface area contributed by atoms with Gasteiger partial charge in [0.05, 0.1) is 12.0 Å². The van der Waals surface area contributed by atoms with Gasteiger partial charge >= 0.3 is 0 Å². The highest BCUT2D eigenvalue weighted by Crippen LogP contribution is 2.19. The van der Waals surface area contributed by atoms with Crippen LogP contribution in [0.4, 0.5) is 4.39 Å². The Morgan fingerprint density at radius 2 is 2.06 bits per heavy atom. The van der Waals surface area contributed by atoms with Gasteiger partial charge in [0.1, 0.15) is 10.7 Å². The van der Waals surface area contributed by atoms with E-state index in [1.165, 1.54) is 18.2 Å². The Labute approximate surface area is 107 Å². The normalized spacial score (nSPS) is 13.3. The van der Waals surface area contributed by atoms with E-state index < -0.39 is 21.8 Å². The highest BCUT2D eigenvalue weighted by molar-refractivity contribution is 7.89. The summed E-state index contributed by atoms with van der Waals surface area (Å²) >= 11 is 0. The van der Waals surface area contributed by atoms with E-state index in [2.05, 4.69) is 0 Å². The molecule has 1 aromatic rings. The Hall–Kier alpha value is -1.45. The molecule has 0 heterocycles. The fourth-order valence-corrected chi connectivity index (χ4v) is 3.14. The molecule has 1 aromatic carbocycles. The van der Waals surface area contributed by atoms with Crippen molar-refractivity contribution in [3.8, 4) is 6.07 Å². The molecule has 0 spiro atoms. The molecule has 0 aliphatic carbocycles. The van der Waals surface area contributed by atoms with Crippen LogP contribution < -0.4 is 0 Å². The summed E-state index contributed by atoms with van der Waals surface area (Å²) in [5, 5.41) is 8.72. The van der Waals surface area contributed by atoms with Crippen LogP contribution in [0.5, 0.6) is 0 Å². The molecular weight excluding hydrogens is 255 g/mol. The zero-order chi connectivity index (χ0) is 13.8. The van der Waals surface area contributed by atoms with Gasteiger partial charge in [0, 0.05) is 13.1 Å². The zero-order valence-corrected chi connectivity index (χ0v) is 11.1. The first-order valence-corrected chi connectivity index (χ1v) is 7.01. The fraction of sp³-hybridized carbons (Fsp3) is 0.417. The quantitative estimate of drug-likeness (QED) is 0.822. The summed E-state index contributed by atoms with van der Waals surface area (Å²) in [5.41, 5.74) is 0. The lowest BCUT2D eigenvalue weighted by Gasteiger charge is -2.21. The van der Waals surface area contributed by atoms with Crippen LogP contribution in [0, 0.1) is 23.1 Å². The molecule has 0 saturated carbocycles. The summed E-state index contributed by atoms with van der Waals surface area (Å²) in [6, 6.07) is 7.20. The maximum atomic E-state index is 13.5. The third-order valence-corrected chi connectivity index (χ3v) is 4.48. The standard InChI is InChI=1S/C12H15FN2O2S/c1-3-15(9-10(2)8-14)18(16,17)12-7-5-4-6-11(12)13/h4-7,10H,3,9H2,1-2H3. The van der Waals surface area contributed by atoms with Crippen LogP contribution in [0.3, 0.4) is 0 Å². The second-order valence-corrected chi connectivity index (χ2v) is 5.82. The van der Waals surface area contributed by atoms with E-state index >= 15 is 0 Å². The molecule has 4 nitrogen and oxygen atoms in total. The van der Waals surface area contributed by atoms with E-state index in [1.807, 2.05) is 6.07 Å². The Kier molecular flexibility index (Phi) is 4.82. The number of nitriles is 1. The second-order valence-electron chi connectivity index (χ2n) is 3.92. The molecule has 0 fully saturated rings. The summed E-state index contributed by atoms with van der Waals surface area (Å²) in [4.78, 5) is -0.350. The van der Waals surface area contributed by atoms with Crippen LogP contribution in [0.2, 0.25) is 0 Å². The first-order chi connectivity index (χ1) is 8.43. The van der Waals surface area contributed by atoms with Crippen molar-refractivity contribution in [2.45, 2.75) is 18.7 Å². The first-order valence-electron chi connectivity index (χ1n) is 5.57. The topological polar surface area (TPSA) is 61.2 Å². The molecule has 0 N–H and O–H groups in total. The first kappa shape index (κ1) is 14.6. The van der Waals surface area contributed by atoms with E-state index in [9.17, 15) is 12.8 Å². The molecule has 1 rings (SSSR count). The third kappa shape index (κ3) is 3.06. The minimum absolute atomic E-state index is 0.0592. The maximum Gasteiger partial charge on any atom is 0.246 e. The van der Waals surface area contributed by atoms with E-state index in [4.69, 9.17) is 5.26 Å². The van der Waals surface area contributed by atoms with Crippen molar-refractivity contribution in [2.24, 2.45) is 5.92 Å². The summed E-state index contributed by atoms with van der Waals surface area (Å²) in [5.74, 6) is -1.22. The van der Waals surface area contributed by atoms with E-state index in [-0.39, 0.29) is 18.0 Å². The molecule has 0 saturated heterocycles. The number of rotatable bonds is 5. The van der Waals surface area contributed by atoms with Crippen molar-refractivity contribution in [3.63, 3.8) is 0 Å². The van der Waals surface area contributed by atoms with Gasteiger partial charge < -0.3 is 0 Å². The van der Waals surface area contributed by atoms with Crippen LogP contribution in [0.25, 0.3) is 0 Å². The number of nitrogens with zero attached hydrogens (tertiary/aromatic N) is 2. The SMILES string of the molecule is CCN(CC(C)C#N)S(=O)(=O)c1ccccc1F. The molecule has 18 heavy (non-hydrogen) atoms. The van der Waals surface area contributed by atoms with Crippen molar-refractivity contribution in [2.75, 3.05) is 13.1 Å². The number of benzene rings is 1. The van der Waals surface area contributed by atoms with Crippen molar-refractivity contribution >= 4 is 10.0 Å². The summed E-state index contributed by atoms with van der Waals surface area (Å²) in [7, 11) is -3.88. The number of sulfonamides is 1. The van der Waals surface area contributed by atoms with Crippen molar-refractivity contribution in [3.05, 3.63) is 30.1 Å². The summed E-state index contributed by atoms with van der Waals surface area (Å²) in [6.45, 7) is 3.54. The molecule has 0 bridgehead atoms. The average Bonchev–Trinajstić information content (AvgIpc) is 2.35. The molecule has 6 heteroatoms. The predicted molar refractivity (Wildman–Crippen MR) is 65.6 cm³/mol. The van der Waals surface area contributed by atoms with Crippen LogP contribution >= 0.6 is 0 Å². The van der Waals surface area contributed by atoms with Gasteiger partial charge in [-0.15, -0.1) is 0 Å². The molecule has 1 unspecified atom stereocenters. The van der Waals surface area contributed by atoms with Gasteiger partial charge in [-0.3, -0.25) is 0 Å². The molecule has 0 aliphatic rings. The lowest BCUT2D eigenvalue weighted by atomic mass is 10.2. The lowest BCUT2D eigenvalue weighted by Crippen LogP contribution is -2.34. The molecule has 0 aromatic heterocycles. The van der Waals surface area contributed by atoms with Crippen LogP contribution in [0.15, 0.2) is 29.2 Å². The van der Waals surface area contributed by atoms with Gasteiger partial charge in [0.15, 0.2) is 0 Å². The molecule has 0 radical (unpaired) electrons. The zero-order valence-electron chi connectivity index (χ0n) is 10.3. The minimum Gasteiger partial charge on any atom is -0.207 e. The van der Waals surface area contributed by atoms with Gasteiger partial charge in [-0.2, -0.15) is 9.57 Å². The smallest absolute Gasteiger partial charge is 0.207 e. The van der Waals surface area contributed by atoms with Gasteiger partial charge in [-0.05, 0) is 19.1 Å². The van der Waals surface area contributed by atoms with E-state index in [0.29, 0.717) is 0 Å². The molecule has 1 atom stereocenters. The van der Waals surface area contributed by atoms with Gasteiger partial charge in [-0.25, -0.2) is 12.8 Å². The maximum absolute atomic E-state index is 13.5. The highest BCUT2D eigenvalue weighted by atomic mass is 32.2. The van der Waals surface area contributed by atoms with Gasteiger partial charge in [0.2, 0.25) is 10.0 Å². The van der Waals surface area contributed by atoms with Crippen LogP contribution in [-0.2, 0) is 10.0 Å². The summed E-state index contributed by atoms with van der Waals surface area (Å²) in [6.07, 6.45) is 0. The third-order valence-electron chi connectivity index (χ3n) is 2.51. The van der Waals surface area contributed by atoms with Gasteiger partial charge in [0.25, 0.3) is 0 Å².